The fraction of sp³-hybridized carbons (Fsp3) is 0.438. The first-order chi connectivity index (χ1) is 10.8. The molecule has 7 nitrogen and oxygen atoms in total. The van der Waals surface area contributed by atoms with Crippen molar-refractivity contribution in [2.75, 3.05) is 0 Å². The molecule has 1 heterocycles. The van der Waals surface area contributed by atoms with Crippen LogP contribution in [0.15, 0.2) is 20.4 Å². The molecule has 0 saturated carbocycles. The third-order valence-corrected chi connectivity index (χ3v) is 4.32. The van der Waals surface area contributed by atoms with E-state index in [2.05, 4.69) is 0 Å². The summed E-state index contributed by atoms with van der Waals surface area (Å²) in [7, 11) is 0. The van der Waals surface area contributed by atoms with Gasteiger partial charge in [-0.2, -0.15) is 0 Å². The molecule has 1 unspecified atom stereocenters. The molecule has 23 heavy (non-hydrogen) atoms. The van der Waals surface area contributed by atoms with Crippen molar-refractivity contribution >= 4 is 0 Å². The highest BCUT2D eigenvalue weighted by Gasteiger charge is 2.17. The van der Waals surface area contributed by atoms with Gasteiger partial charge in [-0.25, -0.2) is 19.0 Å². The maximum atomic E-state index is 11.8. The van der Waals surface area contributed by atoms with Gasteiger partial charge in [-0.1, -0.05) is 19.9 Å². The number of hydrogen-bond donors (Lipinski definition) is 3. The summed E-state index contributed by atoms with van der Waals surface area (Å²) in [4.78, 5) is 38.8. The number of nitrogens with one attached hydrogen (secondary N) is 2. The summed E-state index contributed by atoms with van der Waals surface area (Å²) in [5.74, 6) is 0.398. The van der Waals surface area contributed by atoms with Crippen LogP contribution >= 0.6 is 0 Å². The van der Waals surface area contributed by atoms with Gasteiger partial charge in [-0.05, 0) is 48.4 Å². The molecule has 0 aliphatic rings. The van der Waals surface area contributed by atoms with Gasteiger partial charge in [0.15, 0.2) is 0 Å². The van der Waals surface area contributed by atoms with E-state index in [9.17, 15) is 19.5 Å². The van der Waals surface area contributed by atoms with Crippen LogP contribution in [0.5, 0.6) is 5.75 Å². The Hall–Kier alpha value is -2.57. The molecule has 7 heteroatoms. The summed E-state index contributed by atoms with van der Waals surface area (Å²) in [5, 5.41) is 10.4. The van der Waals surface area contributed by atoms with E-state index in [1.165, 1.54) is 0 Å². The molecule has 3 N–H and O–H groups in total. The Balaban J connectivity index is 2.59. The maximum Gasteiger partial charge on any atom is 0.333 e. The van der Waals surface area contributed by atoms with Crippen LogP contribution < -0.4 is 17.1 Å². The van der Waals surface area contributed by atoms with Gasteiger partial charge in [0.1, 0.15) is 5.75 Å². The molecule has 0 fully saturated rings. The molecular formula is C16H21N3O4. The summed E-state index contributed by atoms with van der Waals surface area (Å²) < 4.78 is 0.902. The van der Waals surface area contributed by atoms with Crippen LogP contribution in [0.2, 0.25) is 0 Å². The number of H-pyrrole nitrogens is 2. The Kier molecular flexibility index (Phi) is 4.58. The summed E-state index contributed by atoms with van der Waals surface area (Å²) >= 11 is 0. The third kappa shape index (κ3) is 3.13. The van der Waals surface area contributed by atoms with Crippen molar-refractivity contribution in [3.05, 3.63) is 59.8 Å². The van der Waals surface area contributed by atoms with Gasteiger partial charge in [0, 0.05) is 0 Å². The van der Waals surface area contributed by atoms with Crippen LogP contribution in [0.1, 0.15) is 48.4 Å². The fourth-order valence-electron chi connectivity index (χ4n) is 2.64. The molecule has 0 bridgehead atoms. The zero-order valence-corrected chi connectivity index (χ0v) is 13.7. The van der Waals surface area contributed by atoms with Gasteiger partial charge < -0.3 is 5.11 Å². The normalized spacial score (nSPS) is 12.3. The van der Waals surface area contributed by atoms with Crippen molar-refractivity contribution in [1.29, 1.82) is 0 Å². The van der Waals surface area contributed by atoms with Crippen LogP contribution in [0, 0.1) is 13.8 Å². The number of nitrogens with zero attached hydrogens (tertiary/aromatic N) is 1. The molecular weight excluding hydrogens is 298 g/mol. The summed E-state index contributed by atoms with van der Waals surface area (Å²) in [5.41, 5.74) is 0.680. The van der Waals surface area contributed by atoms with Crippen LogP contribution in [-0.2, 0) is 6.54 Å². The first-order valence-corrected chi connectivity index (χ1v) is 7.51. The zero-order valence-electron chi connectivity index (χ0n) is 13.7. The number of aromatic hydroxyl groups is 1. The van der Waals surface area contributed by atoms with E-state index in [1.807, 2.05) is 36.8 Å². The topological polar surface area (TPSA) is 108 Å². The summed E-state index contributed by atoms with van der Waals surface area (Å²) in [6.45, 7) is 7.69. The maximum absolute atomic E-state index is 11.8. The predicted octanol–water partition coefficient (Wildman–Crippen LogP) is 1.11. The number of benzene rings is 1. The minimum Gasteiger partial charge on any atom is -0.507 e. The van der Waals surface area contributed by atoms with Gasteiger partial charge >= 0.3 is 17.1 Å². The second-order valence-electron chi connectivity index (χ2n) is 5.82. The minimum absolute atomic E-state index is 0.0169. The van der Waals surface area contributed by atoms with Gasteiger partial charge in [-0.3, -0.25) is 9.97 Å². The standard InChI is InChI=1S/C16H21N3O4/c1-5-8(2)11-6-9(3)12(10(4)13(11)20)7-19-15(22)17-14(21)18-16(19)23/h6,8,20H,5,7H2,1-4H3,(H2,17,18,21,22,23). The second-order valence-corrected chi connectivity index (χ2v) is 5.82. The lowest BCUT2D eigenvalue weighted by Gasteiger charge is -2.19. The Morgan fingerprint density at radius 2 is 1.74 bits per heavy atom. The second kappa shape index (κ2) is 6.28. The van der Waals surface area contributed by atoms with E-state index in [4.69, 9.17) is 0 Å². The SMILES string of the molecule is CCC(C)c1cc(C)c(Cn2c(=O)[nH]c(=O)[nH]c2=O)c(C)c1O. The van der Waals surface area contributed by atoms with E-state index < -0.39 is 17.1 Å². The van der Waals surface area contributed by atoms with Crippen LogP contribution in [0.4, 0.5) is 0 Å². The molecule has 124 valence electrons. The average molecular weight is 319 g/mol. The molecule has 2 aromatic rings. The lowest BCUT2D eigenvalue weighted by atomic mass is 9.90. The lowest BCUT2D eigenvalue weighted by Crippen LogP contribution is -2.43. The number of rotatable bonds is 4. The first kappa shape index (κ1) is 16.8. The number of phenolic OH excluding ortho intramolecular Hbond substituents is 1. The number of aryl methyl sites for hydroxylation is 1. The molecule has 1 aromatic heterocycles. The predicted molar refractivity (Wildman–Crippen MR) is 87.3 cm³/mol. The number of hydrogen-bond acceptors (Lipinski definition) is 4. The van der Waals surface area contributed by atoms with E-state index in [1.54, 1.807) is 6.92 Å². The third-order valence-electron chi connectivity index (χ3n) is 4.32. The van der Waals surface area contributed by atoms with Crippen LogP contribution in [0.25, 0.3) is 0 Å². The number of phenols is 1. The van der Waals surface area contributed by atoms with E-state index in [0.29, 0.717) is 11.1 Å². The van der Waals surface area contributed by atoms with Crippen molar-refractivity contribution in [2.45, 2.75) is 46.6 Å². The highest BCUT2D eigenvalue weighted by atomic mass is 16.3. The molecule has 2 rings (SSSR count). The largest absolute Gasteiger partial charge is 0.507 e. The van der Waals surface area contributed by atoms with Crippen molar-refractivity contribution < 1.29 is 5.11 Å². The van der Waals surface area contributed by atoms with Gasteiger partial charge in [-0.15, -0.1) is 0 Å². The summed E-state index contributed by atoms with van der Waals surface area (Å²) in [6, 6.07) is 1.89. The average Bonchev–Trinajstić information content (AvgIpc) is 2.48. The summed E-state index contributed by atoms with van der Waals surface area (Å²) in [6.07, 6.45) is 0.894. The zero-order chi connectivity index (χ0) is 17.3. The van der Waals surface area contributed by atoms with Crippen LogP contribution in [0.3, 0.4) is 0 Å². The van der Waals surface area contributed by atoms with Gasteiger partial charge in [0.25, 0.3) is 0 Å². The number of aromatic amines is 2. The number of aromatic nitrogens is 3. The van der Waals surface area contributed by atoms with Gasteiger partial charge in [0.2, 0.25) is 0 Å². The first-order valence-electron chi connectivity index (χ1n) is 7.51. The Morgan fingerprint density at radius 1 is 1.17 bits per heavy atom. The van der Waals surface area contributed by atoms with E-state index >= 15 is 0 Å². The highest BCUT2D eigenvalue weighted by Crippen LogP contribution is 2.34. The fourth-order valence-corrected chi connectivity index (χ4v) is 2.64. The Morgan fingerprint density at radius 3 is 2.26 bits per heavy atom. The molecule has 0 amide bonds. The highest BCUT2D eigenvalue weighted by molar-refractivity contribution is 5.50. The molecule has 0 aliphatic heterocycles. The minimum atomic E-state index is -0.834. The molecule has 0 aliphatic carbocycles. The Labute approximate surface area is 132 Å². The monoisotopic (exact) mass is 319 g/mol. The molecule has 0 radical (unpaired) electrons. The van der Waals surface area contributed by atoms with Crippen molar-refractivity contribution in [1.82, 2.24) is 14.5 Å². The van der Waals surface area contributed by atoms with Crippen molar-refractivity contribution in [2.24, 2.45) is 0 Å². The lowest BCUT2D eigenvalue weighted by molar-refractivity contribution is 0.455. The molecule has 0 saturated heterocycles. The molecule has 0 spiro atoms. The van der Waals surface area contributed by atoms with Gasteiger partial charge in [0.05, 0.1) is 6.54 Å². The smallest absolute Gasteiger partial charge is 0.333 e. The van der Waals surface area contributed by atoms with E-state index in [-0.39, 0.29) is 18.2 Å². The Bertz CT molecular complexity index is 871. The molecule has 1 atom stereocenters. The van der Waals surface area contributed by atoms with Crippen molar-refractivity contribution in [3.8, 4) is 5.75 Å². The van der Waals surface area contributed by atoms with Crippen LogP contribution in [-0.4, -0.2) is 19.6 Å². The van der Waals surface area contributed by atoms with Crippen molar-refractivity contribution in [3.63, 3.8) is 0 Å². The molecule has 1 aromatic carbocycles. The van der Waals surface area contributed by atoms with E-state index in [0.717, 1.165) is 22.1 Å². The quantitative estimate of drug-likeness (QED) is 0.784.